The van der Waals surface area contributed by atoms with Crippen LogP contribution in [0, 0.1) is 11.8 Å². The van der Waals surface area contributed by atoms with Crippen molar-refractivity contribution >= 4 is 5.97 Å². The second kappa shape index (κ2) is 3.66. The number of hydrogen-bond acceptors (Lipinski definition) is 2. The van der Waals surface area contributed by atoms with E-state index in [1.807, 2.05) is 0 Å². The maximum absolute atomic E-state index is 11.8. The fourth-order valence-electron chi connectivity index (χ4n) is 3.16. The molecule has 2 aliphatic rings. The van der Waals surface area contributed by atoms with E-state index in [0.717, 1.165) is 25.7 Å². The summed E-state index contributed by atoms with van der Waals surface area (Å²) in [4.78, 5) is 11.8. The van der Waals surface area contributed by atoms with E-state index < -0.39 is 0 Å². The van der Waals surface area contributed by atoms with E-state index in [1.54, 1.807) is 0 Å². The highest BCUT2D eigenvalue weighted by molar-refractivity contribution is 5.76. The Bertz CT molecular complexity index is 300. The third kappa shape index (κ3) is 1.51. The molecule has 0 amide bonds. The highest BCUT2D eigenvalue weighted by Gasteiger charge is 2.53. The van der Waals surface area contributed by atoms with E-state index in [2.05, 4.69) is 26.8 Å². The van der Waals surface area contributed by atoms with Crippen LogP contribution in [-0.4, -0.2) is 11.6 Å². The molecule has 15 heavy (non-hydrogen) atoms. The molecule has 0 N–H and O–H groups in total. The van der Waals surface area contributed by atoms with Gasteiger partial charge in [-0.3, -0.25) is 4.79 Å². The molecule has 0 aromatic heterocycles. The number of fused-ring (bicyclic) bond motifs is 1. The van der Waals surface area contributed by atoms with Crippen molar-refractivity contribution in [2.75, 3.05) is 0 Å². The molecule has 1 saturated heterocycles. The van der Waals surface area contributed by atoms with Crippen molar-refractivity contribution in [3.63, 3.8) is 0 Å². The Morgan fingerprint density at radius 2 is 2.13 bits per heavy atom. The van der Waals surface area contributed by atoms with Gasteiger partial charge in [-0.1, -0.05) is 25.5 Å². The molecule has 0 aromatic rings. The largest absolute Gasteiger partial charge is 0.459 e. The average Bonchev–Trinajstić information content (AvgIpc) is 2.52. The van der Waals surface area contributed by atoms with Gasteiger partial charge in [0.25, 0.3) is 0 Å². The normalized spacial score (nSPS) is 33.3. The number of cyclic esters (lactones) is 1. The first kappa shape index (κ1) is 10.7. The zero-order chi connectivity index (χ0) is 11.1. The van der Waals surface area contributed by atoms with Gasteiger partial charge in [0, 0.05) is 5.92 Å². The molecule has 0 bridgehead atoms. The Balaban J connectivity index is 2.30. The topological polar surface area (TPSA) is 26.3 Å². The Morgan fingerprint density at radius 3 is 2.73 bits per heavy atom. The van der Waals surface area contributed by atoms with Crippen LogP contribution in [0.2, 0.25) is 0 Å². The van der Waals surface area contributed by atoms with Crippen LogP contribution in [0.15, 0.2) is 11.6 Å². The number of esters is 1. The molecule has 2 unspecified atom stereocenters. The Labute approximate surface area is 91.7 Å². The number of allylic oxidation sites excluding steroid dienone is 2. The molecule has 2 nitrogen and oxygen atoms in total. The SMILES string of the molecule is CCC1(CC)OC(=O)C2CC(C)=CCC21. The third-order valence-electron chi connectivity index (χ3n) is 4.23. The lowest BCUT2D eigenvalue weighted by molar-refractivity contribution is -0.151. The number of carbonyl (C=O) groups is 1. The molecule has 1 fully saturated rings. The summed E-state index contributed by atoms with van der Waals surface area (Å²) in [6.45, 7) is 6.37. The number of carbonyl (C=O) groups excluding carboxylic acids is 1. The fraction of sp³-hybridized carbons (Fsp3) is 0.769. The number of hydrogen-bond donors (Lipinski definition) is 0. The van der Waals surface area contributed by atoms with E-state index in [9.17, 15) is 4.79 Å². The fourth-order valence-corrected chi connectivity index (χ4v) is 3.16. The van der Waals surface area contributed by atoms with E-state index in [1.165, 1.54) is 5.57 Å². The monoisotopic (exact) mass is 208 g/mol. The van der Waals surface area contributed by atoms with Crippen LogP contribution in [0.25, 0.3) is 0 Å². The average molecular weight is 208 g/mol. The molecule has 84 valence electrons. The minimum absolute atomic E-state index is 0.0381. The van der Waals surface area contributed by atoms with Crippen molar-refractivity contribution < 1.29 is 9.53 Å². The molecular formula is C13H20O2. The maximum atomic E-state index is 11.8. The van der Waals surface area contributed by atoms with Crippen LogP contribution in [0.4, 0.5) is 0 Å². The zero-order valence-electron chi connectivity index (χ0n) is 9.88. The molecule has 2 atom stereocenters. The van der Waals surface area contributed by atoms with Crippen molar-refractivity contribution in [3.8, 4) is 0 Å². The first-order chi connectivity index (χ1) is 7.13. The molecule has 1 aliphatic heterocycles. The van der Waals surface area contributed by atoms with Gasteiger partial charge in [-0.2, -0.15) is 0 Å². The summed E-state index contributed by atoms with van der Waals surface area (Å²) in [5.41, 5.74) is 1.18. The third-order valence-corrected chi connectivity index (χ3v) is 4.23. The molecule has 0 radical (unpaired) electrons. The van der Waals surface area contributed by atoms with Crippen molar-refractivity contribution in [1.29, 1.82) is 0 Å². The molecule has 2 heteroatoms. The van der Waals surface area contributed by atoms with E-state index in [-0.39, 0.29) is 17.5 Å². The van der Waals surface area contributed by atoms with Gasteiger partial charge in [0.1, 0.15) is 5.60 Å². The van der Waals surface area contributed by atoms with Crippen LogP contribution >= 0.6 is 0 Å². The van der Waals surface area contributed by atoms with Gasteiger partial charge in [-0.25, -0.2) is 0 Å². The van der Waals surface area contributed by atoms with Gasteiger partial charge in [0.05, 0.1) is 5.92 Å². The van der Waals surface area contributed by atoms with Gasteiger partial charge in [0.15, 0.2) is 0 Å². The number of rotatable bonds is 2. The van der Waals surface area contributed by atoms with E-state index in [0.29, 0.717) is 5.92 Å². The molecule has 0 aromatic carbocycles. The first-order valence-corrected chi connectivity index (χ1v) is 6.01. The van der Waals surface area contributed by atoms with Crippen LogP contribution in [-0.2, 0) is 9.53 Å². The van der Waals surface area contributed by atoms with Crippen molar-refractivity contribution in [1.82, 2.24) is 0 Å². The summed E-state index contributed by atoms with van der Waals surface area (Å²) in [6, 6.07) is 0. The van der Waals surface area contributed by atoms with Gasteiger partial charge in [-0.15, -0.1) is 0 Å². The first-order valence-electron chi connectivity index (χ1n) is 6.01. The van der Waals surface area contributed by atoms with Crippen LogP contribution < -0.4 is 0 Å². The summed E-state index contributed by atoms with van der Waals surface area (Å²) in [5, 5.41) is 0. The maximum Gasteiger partial charge on any atom is 0.310 e. The lowest BCUT2D eigenvalue weighted by Gasteiger charge is -2.34. The molecular weight excluding hydrogens is 188 g/mol. The Hall–Kier alpha value is -0.790. The van der Waals surface area contributed by atoms with Gasteiger partial charge in [0.2, 0.25) is 0 Å². The van der Waals surface area contributed by atoms with Crippen LogP contribution in [0.3, 0.4) is 0 Å². The van der Waals surface area contributed by atoms with Gasteiger partial charge < -0.3 is 4.74 Å². The van der Waals surface area contributed by atoms with Crippen molar-refractivity contribution in [3.05, 3.63) is 11.6 Å². The predicted molar refractivity (Wildman–Crippen MR) is 59.4 cm³/mol. The molecule has 0 saturated carbocycles. The smallest absolute Gasteiger partial charge is 0.310 e. The highest BCUT2D eigenvalue weighted by atomic mass is 16.6. The van der Waals surface area contributed by atoms with Crippen molar-refractivity contribution in [2.24, 2.45) is 11.8 Å². The molecule has 1 heterocycles. The summed E-state index contributed by atoms with van der Waals surface area (Å²) >= 11 is 0. The lowest BCUT2D eigenvalue weighted by Crippen LogP contribution is -2.36. The van der Waals surface area contributed by atoms with Crippen LogP contribution in [0.1, 0.15) is 46.5 Å². The van der Waals surface area contributed by atoms with Gasteiger partial charge in [-0.05, 0) is 32.6 Å². The second-order valence-corrected chi connectivity index (χ2v) is 4.90. The van der Waals surface area contributed by atoms with E-state index >= 15 is 0 Å². The second-order valence-electron chi connectivity index (χ2n) is 4.90. The minimum atomic E-state index is -0.168. The summed E-state index contributed by atoms with van der Waals surface area (Å²) in [5.74, 6) is 0.592. The van der Waals surface area contributed by atoms with Crippen molar-refractivity contribution in [2.45, 2.75) is 52.1 Å². The quantitative estimate of drug-likeness (QED) is 0.515. The molecule has 1 aliphatic carbocycles. The summed E-state index contributed by atoms with van der Waals surface area (Å²) in [7, 11) is 0. The highest BCUT2D eigenvalue weighted by Crippen LogP contribution is 2.48. The molecule has 2 rings (SSSR count). The van der Waals surface area contributed by atoms with Crippen LogP contribution in [0.5, 0.6) is 0 Å². The minimum Gasteiger partial charge on any atom is -0.459 e. The molecule has 0 spiro atoms. The Morgan fingerprint density at radius 1 is 1.47 bits per heavy atom. The standard InChI is InChI=1S/C13H20O2/c1-4-13(5-2)11-7-6-9(3)8-10(11)12(14)15-13/h6,10-11H,4-5,7-8H2,1-3H3. The van der Waals surface area contributed by atoms with E-state index in [4.69, 9.17) is 4.74 Å². The summed E-state index contributed by atoms with van der Waals surface area (Å²) < 4.78 is 5.67. The Kier molecular flexibility index (Phi) is 2.61. The zero-order valence-corrected chi connectivity index (χ0v) is 9.88. The lowest BCUT2D eigenvalue weighted by atomic mass is 9.71. The summed E-state index contributed by atoms with van der Waals surface area (Å²) in [6.07, 6.45) is 6.10. The predicted octanol–water partition coefficient (Wildman–Crippen LogP) is 3.07. The number of ether oxygens (including phenoxy) is 1. The van der Waals surface area contributed by atoms with Gasteiger partial charge >= 0.3 is 5.97 Å².